The highest BCUT2D eigenvalue weighted by atomic mass is 35.5. The molecular formula is C17H16ClN3O3S. The molecule has 1 aliphatic heterocycles. The molecule has 0 radical (unpaired) electrons. The number of aryl methyl sites for hydroxylation is 1. The predicted molar refractivity (Wildman–Crippen MR) is 92.9 cm³/mol. The van der Waals surface area contributed by atoms with Crippen molar-refractivity contribution in [1.29, 1.82) is 5.26 Å². The molecule has 1 aromatic carbocycles. The largest absolute Gasteiger partial charge is 0.487 e. The molecule has 0 spiro atoms. The standard InChI is InChI=1S/C17H16ClN3O3S/c1-12-17(3-2-7-20-12)24-14-6-8-21(11-14)25(22,23)15-4-5-16(18)13(9-15)10-19/h2-5,7,9,14H,6,8,11H2,1H3/t14-/m0/s1. The van der Waals surface area contributed by atoms with E-state index in [0.29, 0.717) is 18.7 Å². The van der Waals surface area contributed by atoms with Gasteiger partial charge in [-0.05, 0) is 43.7 Å². The first-order valence-electron chi connectivity index (χ1n) is 7.70. The number of ether oxygens (including phenoxy) is 1. The van der Waals surface area contributed by atoms with E-state index >= 15 is 0 Å². The quantitative estimate of drug-likeness (QED) is 0.818. The van der Waals surface area contributed by atoms with Gasteiger partial charge in [0, 0.05) is 12.7 Å². The summed E-state index contributed by atoms with van der Waals surface area (Å²) in [5.74, 6) is 0.657. The molecule has 6 nitrogen and oxygen atoms in total. The van der Waals surface area contributed by atoms with E-state index in [0.717, 1.165) is 5.69 Å². The van der Waals surface area contributed by atoms with E-state index in [1.807, 2.05) is 19.1 Å². The van der Waals surface area contributed by atoms with Gasteiger partial charge in [-0.25, -0.2) is 8.42 Å². The van der Waals surface area contributed by atoms with Gasteiger partial charge in [0.15, 0.2) is 0 Å². The molecule has 130 valence electrons. The molecule has 0 bridgehead atoms. The van der Waals surface area contributed by atoms with Crippen molar-refractivity contribution in [1.82, 2.24) is 9.29 Å². The lowest BCUT2D eigenvalue weighted by Crippen LogP contribution is -2.31. The van der Waals surface area contributed by atoms with Crippen LogP contribution in [0.2, 0.25) is 5.02 Å². The van der Waals surface area contributed by atoms with Crippen molar-refractivity contribution in [2.75, 3.05) is 13.1 Å². The second-order valence-corrected chi connectivity index (χ2v) is 8.08. The summed E-state index contributed by atoms with van der Waals surface area (Å²) >= 11 is 5.88. The van der Waals surface area contributed by atoms with Crippen molar-refractivity contribution in [2.45, 2.75) is 24.3 Å². The molecule has 2 heterocycles. The minimum absolute atomic E-state index is 0.0617. The summed E-state index contributed by atoms with van der Waals surface area (Å²) in [6, 6.07) is 9.64. The Morgan fingerprint density at radius 2 is 2.20 bits per heavy atom. The average molecular weight is 378 g/mol. The van der Waals surface area contributed by atoms with Gasteiger partial charge in [0.1, 0.15) is 17.9 Å². The Labute approximate surface area is 151 Å². The number of sulfonamides is 1. The summed E-state index contributed by atoms with van der Waals surface area (Å²) in [5.41, 5.74) is 0.904. The van der Waals surface area contributed by atoms with Gasteiger partial charge in [0.2, 0.25) is 10.0 Å². The minimum atomic E-state index is -3.70. The Balaban J connectivity index is 1.77. The van der Waals surface area contributed by atoms with Crippen LogP contribution in [0.4, 0.5) is 0 Å². The van der Waals surface area contributed by atoms with Gasteiger partial charge in [-0.1, -0.05) is 11.6 Å². The maximum absolute atomic E-state index is 12.8. The molecule has 1 atom stereocenters. The van der Waals surface area contributed by atoms with Crippen LogP contribution in [0, 0.1) is 18.3 Å². The maximum Gasteiger partial charge on any atom is 0.243 e. The van der Waals surface area contributed by atoms with E-state index in [1.54, 1.807) is 12.3 Å². The van der Waals surface area contributed by atoms with Crippen LogP contribution < -0.4 is 4.74 Å². The van der Waals surface area contributed by atoms with Gasteiger partial charge in [-0.3, -0.25) is 4.98 Å². The lowest BCUT2D eigenvalue weighted by molar-refractivity contribution is 0.213. The van der Waals surface area contributed by atoms with E-state index in [4.69, 9.17) is 21.6 Å². The van der Waals surface area contributed by atoms with Gasteiger partial charge in [-0.2, -0.15) is 9.57 Å². The van der Waals surface area contributed by atoms with Crippen LogP contribution in [0.5, 0.6) is 5.75 Å². The summed E-state index contributed by atoms with van der Waals surface area (Å²) in [7, 11) is -3.70. The maximum atomic E-state index is 12.8. The Kier molecular flexibility index (Phi) is 4.95. The number of rotatable bonds is 4. The van der Waals surface area contributed by atoms with Crippen molar-refractivity contribution in [3.8, 4) is 11.8 Å². The van der Waals surface area contributed by atoms with Crippen molar-refractivity contribution in [3.63, 3.8) is 0 Å². The van der Waals surface area contributed by atoms with Crippen molar-refractivity contribution in [2.24, 2.45) is 0 Å². The lowest BCUT2D eigenvalue weighted by Gasteiger charge is -2.18. The van der Waals surface area contributed by atoms with Gasteiger partial charge in [-0.15, -0.1) is 0 Å². The van der Waals surface area contributed by atoms with Crippen LogP contribution in [0.3, 0.4) is 0 Å². The highest BCUT2D eigenvalue weighted by Gasteiger charge is 2.34. The molecule has 3 rings (SSSR count). The van der Waals surface area contributed by atoms with E-state index in [9.17, 15) is 8.42 Å². The third kappa shape index (κ3) is 3.61. The first-order valence-corrected chi connectivity index (χ1v) is 9.51. The summed E-state index contributed by atoms with van der Waals surface area (Å²) in [4.78, 5) is 4.23. The first-order chi connectivity index (χ1) is 11.9. The topological polar surface area (TPSA) is 83.3 Å². The summed E-state index contributed by atoms with van der Waals surface area (Å²) in [5, 5.41) is 9.27. The van der Waals surface area contributed by atoms with Crippen LogP contribution in [0.25, 0.3) is 0 Å². The molecule has 1 saturated heterocycles. The van der Waals surface area contributed by atoms with Crippen LogP contribution in [0.1, 0.15) is 17.7 Å². The molecular weight excluding hydrogens is 362 g/mol. The molecule has 0 amide bonds. The van der Waals surface area contributed by atoms with E-state index < -0.39 is 10.0 Å². The Bertz CT molecular complexity index is 940. The Morgan fingerprint density at radius 1 is 1.40 bits per heavy atom. The van der Waals surface area contributed by atoms with Crippen LogP contribution in [-0.4, -0.2) is 36.9 Å². The van der Waals surface area contributed by atoms with Gasteiger partial charge < -0.3 is 4.74 Å². The third-order valence-corrected chi connectivity index (χ3v) is 6.25. The zero-order valence-corrected chi connectivity index (χ0v) is 15.1. The molecule has 1 fully saturated rings. The molecule has 2 aromatic rings. The number of pyridine rings is 1. The minimum Gasteiger partial charge on any atom is -0.487 e. The number of hydrogen-bond acceptors (Lipinski definition) is 5. The summed E-state index contributed by atoms with van der Waals surface area (Å²) in [6.07, 6.45) is 2.04. The Hall–Kier alpha value is -2.14. The SMILES string of the molecule is Cc1ncccc1O[C@H]1CCN(S(=O)(=O)c2ccc(Cl)c(C#N)c2)C1. The summed E-state index contributed by atoms with van der Waals surface area (Å²) < 4.78 is 32.8. The number of aromatic nitrogens is 1. The third-order valence-electron chi connectivity index (χ3n) is 4.06. The fourth-order valence-corrected chi connectivity index (χ4v) is 4.36. The first kappa shape index (κ1) is 17.7. The zero-order chi connectivity index (χ0) is 18.0. The Morgan fingerprint density at radius 3 is 2.92 bits per heavy atom. The molecule has 25 heavy (non-hydrogen) atoms. The second-order valence-electron chi connectivity index (χ2n) is 5.73. The second kappa shape index (κ2) is 7.00. The van der Waals surface area contributed by atoms with E-state index in [1.165, 1.54) is 22.5 Å². The fourth-order valence-electron chi connectivity index (χ4n) is 2.69. The van der Waals surface area contributed by atoms with E-state index in [-0.39, 0.29) is 28.1 Å². The van der Waals surface area contributed by atoms with Crippen molar-refractivity contribution >= 4 is 21.6 Å². The molecule has 8 heteroatoms. The molecule has 0 aliphatic carbocycles. The number of nitriles is 1. The summed E-state index contributed by atoms with van der Waals surface area (Å²) in [6.45, 7) is 2.45. The fraction of sp³-hybridized carbons (Fsp3) is 0.294. The molecule has 0 unspecified atom stereocenters. The van der Waals surface area contributed by atoms with Gasteiger partial charge >= 0.3 is 0 Å². The van der Waals surface area contributed by atoms with Gasteiger partial charge in [0.25, 0.3) is 0 Å². The van der Waals surface area contributed by atoms with Crippen molar-refractivity contribution < 1.29 is 13.2 Å². The molecule has 1 aromatic heterocycles. The molecule has 1 aliphatic rings. The van der Waals surface area contributed by atoms with Crippen LogP contribution >= 0.6 is 11.6 Å². The number of nitrogens with zero attached hydrogens (tertiary/aromatic N) is 3. The highest BCUT2D eigenvalue weighted by Crippen LogP contribution is 2.27. The molecule has 0 saturated carbocycles. The van der Waals surface area contributed by atoms with Crippen LogP contribution in [0.15, 0.2) is 41.4 Å². The number of halogens is 1. The van der Waals surface area contributed by atoms with Crippen molar-refractivity contribution in [3.05, 3.63) is 52.8 Å². The smallest absolute Gasteiger partial charge is 0.243 e. The van der Waals surface area contributed by atoms with E-state index in [2.05, 4.69) is 4.98 Å². The predicted octanol–water partition coefficient (Wildman–Crippen LogP) is 2.76. The zero-order valence-electron chi connectivity index (χ0n) is 13.5. The number of benzene rings is 1. The normalized spacial score (nSPS) is 18.0. The number of hydrogen-bond donors (Lipinski definition) is 0. The average Bonchev–Trinajstić information content (AvgIpc) is 3.06. The molecule has 0 N–H and O–H groups in total. The lowest BCUT2D eigenvalue weighted by atomic mass is 10.2. The highest BCUT2D eigenvalue weighted by molar-refractivity contribution is 7.89. The van der Waals surface area contributed by atoms with Gasteiger partial charge in [0.05, 0.1) is 27.7 Å². The monoisotopic (exact) mass is 377 g/mol. The van der Waals surface area contributed by atoms with Crippen LogP contribution in [-0.2, 0) is 10.0 Å².